The summed E-state index contributed by atoms with van der Waals surface area (Å²) in [5.74, 6) is -0.845. The van der Waals surface area contributed by atoms with E-state index in [-0.39, 0.29) is 17.5 Å². The van der Waals surface area contributed by atoms with Crippen molar-refractivity contribution in [1.29, 1.82) is 0 Å². The lowest BCUT2D eigenvalue weighted by Crippen LogP contribution is -2.41. The van der Waals surface area contributed by atoms with Crippen molar-refractivity contribution in [2.24, 2.45) is 5.92 Å². The van der Waals surface area contributed by atoms with E-state index in [1.54, 1.807) is 29.4 Å². The summed E-state index contributed by atoms with van der Waals surface area (Å²) >= 11 is 1.58. The van der Waals surface area contributed by atoms with Crippen LogP contribution in [0.5, 0.6) is 0 Å². The molecule has 33 heavy (non-hydrogen) atoms. The normalized spacial score (nSPS) is 15.5. The van der Waals surface area contributed by atoms with E-state index in [1.165, 1.54) is 6.07 Å². The molecular weight excluding hydrogens is 455 g/mol. The number of nitrogens with zero attached hydrogens (tertiary/aromatic N) is 7. The topological polar surface area (TPSA) is 79.5 Å². The van der Waals surface area contributed by atoms with Crippen LogP contribution in [0.3, 0.4) is 0 Å². The van der Waals surface area contributed by atoms with Gasteiger partial charge in [0, 0.05) is 26.1 Å². The van der Waals surface area contributed by atoms with E-state index < -0.39 is 12.0 Å². The first-order valence-electron chi connectivity index (χ1n) is 10.4. The summed E-state index contributed by atoms with van der Waals surface area (Å²) in [6.07, 6.45) is -3.45. The van der Waals surface area contributed by atoms with Crippen LogP contribution in [0.4, 0.5) is 19.0 Å². The van der Waals surface area contributed by atoms with Gasteiger partial charge in [0.25, 0.3) is 5.82 Å². The molecule has 1 saturated heterocycles. The molecule has 172 valence electrons. The number of amides is 1. The number of piperidine rings is 1. The first-order chi connectivity index (χ1) is 15.8. The van der Waals surface area contributed by atoms with Crippen molar-refractivity contribution in [2.45, 2.75) is 25.6 Å². The molecule has 1 aliphatic heterocycles. The van der Waals surface area contributed by atoms with Crippen molar-refractivity contribution < 1.29 is 18.0 Å². The van der Waals surface area contributed by atoms with E-state index in [9.17, 15) is 18.0 Å². The molecule has 0 N–H and O–H groups in total. The molecule has 1 aromatic carbocycles. The highest BCUT2D eigenvalue weighted by atomic mass is 32.1. The number of alkyl halides is 3. The molecule has 8 nitrogen and oxygen atoms in total. The van der Waals surface area contributed by atoms with E-state index in [1.807, 2.05) is 29.2 Å². The zero-order chi connectivity index (χ0) is 23.2. The minimum atomic E-state index is -4.64. The SMILES string of the molecule is CN(Cc1nc2ccccc2s1)C(=O)C1CCN(c2ccc3nnc(C(F)(F)F)n3n2)CC1. The highest BCUT2D eigenvalue weighted by molar-refractivity contribution is 7.18. The number of carbonyl (C=O) groups is 1. The quantitative estimate of drug-likeness (QED) is 0.449. The molecule has 1 aliphatic rings. The van der Waals surface area contributed by atoms with Gasteiger partial charge in [-0.2, -0.15) is 17.7 Å². The van der Waals surface area contributed by atoms with Crippen molar-refractivity contribution in [2.75, 3.05) is 25.0 Å². The Labute approximate surface area is 190 Å². The van der Waals surface area contributed by atoms with E-state index in [0.29, 0.717) is 38.3 Å². The fourth-order valence-corrected chi connectivity index (χ4v) is 5.08. The number of anilines is 1. The lowest BCUT2D eigenvalue weighted by molar-refractivity contribution is -0.146. The molecule has 0 aliphatic carbocycles. The van der Waals surface area contributed by atoms with Crippen LogP contribution in [-0.4, -0.2) is 55.7 Å². The number of halogens is 3. The monoisotopic (exact) mass is 475 g/mol. The molecule has 0 bridgehead atoms. The first kappa shape index (κ1) is 21.6. The molecule has 0 saturated carbocycles. The van der Waals surface area contributed by atoms with E-state index in [2.05, 4.69) is 20.3 Å². The van der Waals surface area contributed by atoms with Crippen molar-refractivity contribution >= 4 is 38.9 Å². The smallest absolute Gasteiger partial charge is 0.355 e. The number of thiazole rings is 1. The third kappa shape index (κ3) is 4.22. The van der Waals surface area contributed by atoms with Crippen LogP contribution < -0.4 is 4.90 Å². The second kappa shape index (κ2) is 8.25. The first-order valence-corrected chi connectivity index (χ1v) is 11.3. The maximum absolute atomic E-state index is 13.1. The van der Waals surface area contributed by atoms with Gasteiger partial charge in [-0.05, 0) is 37.1 Å². The van der Waals surface area contributed by atoms with Gasteiger partial charge in [-0.15, -0.1) is 26.6 Å². The maximum Gasteiger partial charge on any atom is 0.453 e. The van der Waals surface area contributed by atoms with Crippen LogP contribution in [0.25, 0.3) is 15.9 Å². The van der Waals surface area contributed by atoms with Crippen molar-refractivity contribution in [3.05, 3.63) is 47.2 Å². The molecule has 3 aromatic heterocycles. The number of aromatic nitrogens is 5. The Kier molecular flexibility index (Phi) is 5.39. The lowest BCUT2D eigenvalue weighted by atomic mass is 9.95. The highest BCUT2D eigenvalue weighted by Crippen LogP contribution is 2.29. The molecule has 12 heteroatoms. The fraction of sp³-hybridized carbons (Fsp3) is 0.381. The van der Waals surface area contributed by atoms with Crippen LogP contribution in [0, 0.1) is 5.92 Å². The van der Waals surface area contributed by atoms with Gasteiger partial charge in [0.1, 0.15) is 10.8 Å². The maximum atomic E-state index is 13.1. The third-order valence-electron chi connectivity index (χ3n) is 5.76. The van der Waals surface area contributed by atoms with Gasteiger partial charge >= 0.3 is 6.18 Å². The molecule has 0 atom stereocenters. The van der Waals surface area contributed by atoms with Gasteiger partial charge in [-0.25, -0.2) is 4.98 Å². The summed E-state index contributed by atoms with van der Waals surface area (Å²) in [5.41, 5.74) is 0.963. The Balaban J connectivity index is 1.23. The van der Waals surface area contributed by atoms with Gasteiger partial charge in [0.2, 0.25) is 5.91 Å². The highest BCUT2D eigenvalue weighted by Gasteiger charge is 2.38. The minimum absolute atomic E-state index is 0.0348. The van der Waals surface area contributed by atoms with Crippen LogP contribution >= 0.6 is 11.3 Å². The van der Waals surface area contributed by atoms with Gasteiger partial charge in [0.15, 0.2) is 5.65 Å². The number of rotatable bonds is 4. The standard InChI is InChI=1S/C21H20F3N7OS/c1-29(12-18-25-14-4-2-3-5-15(14)33-18)19(32)13-8-10-30(11-9-13)17-7-6-16-26-27-20(21(22,23)24)31(16)28-17/h2-7,13H,8-12H2,1H3. The van der Waals surface area contributed by atoms with Crippen molar-refractivity contribution in [1.82, 2.24) is 29.7 Å². The van der Waals surface area contributed by atoms with E-state index in [0.717, 1.165) is 19.7 Å². The number of para-hydroxylation sites is 1. The number of hydrogen-bond donors (Lipinski definition) is 0. The largest absolute Gasteiger partial charge is 0.453 e. The Morgan fingerprint density at radius 3 is 2.64 bits per heavy atom. The van der Waals surface area contributed by atoms with Crippen LogP contribution in [0.1, 0.15) is 23.7 Å². The Hall–Kier alpha value is -3.28. The molecule has 1 amide bonds. The van der Waals surface area contributed by atoms with Crippen LogP contribution in [0.15, 0.2) is 36.4 Å². The van der Waals surface area contributed by atoms with Gasteiger partial charge in [0.05, 0.1) is 16.8 Å². The molecule has 0 spiro atoms. The zero-order valence-corrected chi connectivity index (χ0v) is 18.5. The average Bonchev–Trinajstić information content (AvgIpc) is 3.41. The van der Waals surface area contributed by atoms with Gasteiger partial charge in [-0.1, -0.05) is 12.1 Å². The molecule has 4 aromatic rings. The molecule has 0 unspecified atom stereocenters. The number of carbonyl (C=O) groups excluding carboxylic acids is 1. The summed E-state index contributed by atoms with van der Waals surface area (Å²) in [4.78, 5) is 21.2. The summed E-state index contributed by atoms with van der Waals surface area (Å²) in [6.45, 7) is 1.49. The molecule has 5 rings (SSSR count). The average molecular weight is 476 g/mol. The van der Waals surface area contributed by atoms with E-state index in [4.69, 9.17) is 0 Å². The molecule has 4 heterocycles. The fourth-order valence-electron chi connectivity index (χ4n) is 4.06. The summed E-state index contributed by atoms with van der Waals surface area (Å²) in [7, 11) is 1.78. The second-order valence-electron chi connectivity index (χ2n) is 8.01. The van der Waals surface area contributed by atoms with Gasteiger partial charge in [-0.3, -0.25) is 4.79 Å². The number of fused-ring (bicyclic) bond motifs is 2. The predicted molar refractivity (Wildman–Crippen MR) is 117 cm³/mol. The van der Waals surface area contributed by atoms with Crippen LogP contribution in [-0.2, 0) is 17.5 Å². The predicted octanol–water partition coefficient (Wildman–Crippen LogP) is 3.63. The molecule has 0 radical (unpaired) electrons. The summed E-state index contributed by atoms with van der Waals surface area (Å²) < 4.78 is 41.2. The van der Waals surface area contributed by atoms with Gasteiger partial charge < -0.3 is 9.80 Å². The zero-order valence-electron chi connectivity index (χ0n) is 17.7. The summed E-state index contributed by atoms with van der Waals surface area (Å²) in [5, 5.41) is 11.7. The lowest BCUT2D eigenvalue weighted by Gasteiger charge is -2.33. The number of hydrogen-bond acceptors (Lipinski definition) is 7. The molecule has 1 fully saturated rings. The Morgan fingerprint density at radius 2 is 1.91 bits per heavy atom. The van der Waals surface area contributed by atoms with Crippen molar-refractivity contribution in [3.8, 4) is 0 Å². The summed E-state index contributed by atoms with van der Waals surface area (Å²) in [6, 6.07) is 11.0. The molecular formula is C21H20F3N7OS. The minimum Gasteiger partial charge on any atom is -0.355 e. The third-order valence-corrected chi connectivity index (χ3v) is 6.78. The Bertz CT molecular complexity index is 1280. The Morgan fingerprint density at radius 1 is 1.15 bits per heavy atom. The second-order valence-corrected chi connectivity index (χ2v) is 9.13. The van der Waals surface area contributed by atoms with Crippen molar-refractivity contribution in [3.63, 3.8) is 0 Å². The van der Waals surface area contributed by atoms with Crippen LogP contribution in [0.2, 0.25) is 0 Å². The van der Waals surface area contributed by atoms with E-state index >= 15 is 0 Å². The number of benzene rings is 1.